The SMILES string of the molecule is CNC(C)c1cnc(-c2ccc(F)c(F)c2)nc1C. The van der Waals surface area contributed by atoms with Crippen LogP contribution in [0.25, 0.3) is 11.4 Å². The van der Waals surface area contributed by atoms with Gasteiger partial charge in [-0.3, -0.25) is 0 Å². The maximum atomic E-state index is 13.2. The lowest BCUT2D eigenvalue weighted by Crippen LogP contribution is -2.14. The minimum absolute atomic E-state index is 0.138. The number of hydrogen-bond donors (Lipinski definition) is 1. The number of nitrogens with one attached hydrogen (secondary N) is 1. The third-order valence-corrected chi connectivity index (χ3v) is 3.09. The fraction of sp³-hybridized carbons (Fsp3) is 0.286. The lowest BCUT2D eigenvalue weighted by Gasteiger charge is -2.13. The smallest absolute Gasteiger partial charge is 0.159 e. The molecule has 0 spiro atoms. The van der Waals surface area contributed by atoms with Crippen LogP contribution in [0, 0.1) is 18.6 Å². The first-order valence-corrected chi connectivity index (χ1v) is 5.99. The molecule has 1 aromatic carbocycles. The first-order chi connectivity index (χ1) is 9.02. The summed E-state index contributed by atoms with van der Waals surface area (Å²) in [6, 6.07) is 3.78. The quantitative estimate of drug-likeness (QED) is 0.925. The van der Waals surface area contributed by atoms with E-state index in [1.807, 2.05) is 20.9 Å². The Morgan fingerprint density at radius 3 is 2.53 bits per heavy atom. The number of benzene rings is 1. The van der Waals surface area contributed by atoms with Gasteiger partial charge in [0.15, 0.2) is 17.5 Å². The number of aryl methyl sites for hydroxylation is 1. The summed E-state index contributed by atoms with van der Waals surface area (Å²) in [5.41, 5.74) is 2.26. The summed E-state index contributed by atoms with van der Waals surface area (Å²) >= 11 is 0. The summed E-state index contributed by atoms with van der Waals surface area (Å²) in [7, 11) is 1.85. The van der Waals surface area contributed by atoms with E-state index in [1.165, 1.54) is 6.07 Å². The normalized spacial score (nSPS) is 12.5. The molecular formula is C14H15F2N3. The zero-order valence-electron chi connectivity index (χ0n) is 11.0. The van der Waals surface area contributed by atoms with Crippen molar-refractivity contribution in [2.75, 3.05) is 7.05 Å². The van der Waals surface area contributed by atoms with Gasteiger partial charge in [0, 0.05) is 29.1 Å². The Morgan fingerprint density at radius 1 is 1.21 bits per heavy atom. The molecule has 5 heteroatoms. The molecule has 0 radical (unpaired) electrons. The van der Waals surface area contributed by atoms with E-state index in [2.05, 4.69) is 15.3 Å². The highest BCUT2D eigenvalue weighted by Crippen LogP contribution is 2.21. The second kappa shape index (κ2) is 5.40. The van der Waals surface area contributed by atoms with Gasteiger partial charge in [0.1, 0.15) is 0 Å². The summed E-state index contributed by atoms with van der Waals surface area (Å²) in [5.74, 6) is -1.38. The molecule has 0 aliphatic heterocycles. The average Bonchev–Trinajstić information content (AvgIpc) is 2.41. The predicted octanol–water partition coefficient (Wildman–Crippen LogP) is 3.01. The molecule has 0 aliphatic rings. The van der Waals surface area contributed by atoms with Crippen LogP contribution < -0.4 is 5.32 Å². The van der Waals surface area contributed by atoms with Gasteiger partial charge >= 0.3 is 0 Å². The molecule has 2 rings (SSSR count). The molecule has 2 aromatic rings. The second-order valence-corrected chi connectivity index (χ2v) is 4.37. The molecular weight excluding hydrogens is 248 g/mol. The average molecular weight is 263 g/mol. The first-order valence-electron chi connectivity index (χ1n) is 5.99. The number of aromatic nitrogens is 2. The van der Waals surface area contributed by atoms with Crippen LogP contribution in [0.15, 0.2) is 24.4 Å². The van der Waals surface area contributed by atoms with Gasteiger partial charge in [-0.2, -0.15) is 0 Å². The molecule has 1 aromatic heterocycles. The third-order valence-electron chi connectivity index (χ3n) is 3.09. The molecule has 0 saturated heterocycles. The molecule has 19 heavy (non-hydrogen) atoms. The topological polar surface area (TPSA) is 37.8 Å². The van der Waals surface area contributed by atoms with Gasteiger partial charge in [-0.05, 0) is 39.1 Å². The summed E-state index contributed by atoms with van der Waals surface area (Å²) < 4.78 is 26.1. The Kier molecular flexibility index (Phi) is 3.85. The highest BCUT2D eigenvalue weighted by Gasteiger charge is 2.11. The fourth-order valence-corrected chi connectivity index (χ4v) is 1.83. The Balaban J connectivity index is 2.41. The minimum atomic E-state index is -0.897. The van der Waals surface area contributed by atoms with E-state index in [0.717, 1.165) is 23.4 Å². The second-order valence-electron chi connectivity index (χ2n) is 4.37. The Labute approximate surface area is 110 Å². The number of halogens is 2. The van der Waals surface area contributed by atoms with Crippen LogP contribution in [0.2, 0.25) is 0 Å². The molecule has 0 fully saturated rings. The maximum Gasteiger partial charge on any atom is 0.159 e. The van der Waals surface area contributed by atoms with Crippen LogP contribution in [0.5, 0.6) is 0 Å². The lowest BCUT2D eigenvalue weighted by atomic mass is 10.1. The number of nitrogens with zero attached hydrogens (tertiary/aromatic N) is 2. The molecule has 1 atom stereocenters. The molecule has 0 saturated carbocycles. The summed E-state index contributed by atoms with van der Waals surface area (Å²) in [6.07, 6.45) is 1.71. The van der Waals surface area contributed by atoms with E-state index >= 15 is 0 Å². The van der Waals surface area contributed by atoms with Crippen LogP contribution in [0.1, 0.15) is 24.2 Å². The standard InChI is InChI=1S/C14H15F2N3/c1-8(17-3)11-7-18-14(19-9(11)2)10-4-5-12(15)13(16)6-10/h4-8,17H,1-3H3. The zero-order valence-corrected chi connectivity index (χ0v) is 11.0. The fourth-order valence-electron chi connectivity index (χ4n) is 1.83. The number of rotatable bonds is 3. The molecule has 1 unspecified atom stereocenters. The van der Waals surface area contributed by atoms with E-state index in [0.29, 0.717) is 11.4 Å². The molecule has 0 bridgehead atoms. The monoisotopic (exact) mass is 263 g/mol. The largest absolute Gasteiger partial charge is 0.313 e. The molecule has 100 valence electrons. The highest BCUT2D eigenvalue weighted by atomic mass is 19.2. The Hall–Kier alpha value is -1.88. The van der Waals surface area contributed by atoms with Gasteiger partial charge in [0.25, 0.3) is 0 Å². The van der Waals surface area contributed by atoms with Gasteiger partial charge in [-0.15, -0.1) is 0 Å². The van der Waals surface area contributed by atoms with Crippen molar-refractivity contribution in [2.24, 2.45) is 0 Å². The zero-order chi connectivity index (χ0) is 14.0. The summed E-state index contributed by atoms with van der Waals surface area (Å²) in [5, 5.41) is 3.11. The molecule has 0 amide bonds. The molecule has 1 N–H and O–H groups in total. The van der Waals surface area contributed by atoms with E-state index in [-0.39, 0.29) is 6.04 Å². The van der Waals surface area contributed by atoms with E-state index in [9.17, 15) is 8.78 Å². The van der Waals surface area contributed by atoms with Crippen LogP contribution in [0.4, 0.5) is 8.78 Å². The van der Waals surface area contributed by atoms with E-state index in [1.54, 1.807) is 6.20 Å². The third kappa shape index (κ3) is 2.76. The van der Waals surface area contributed by atoms with Crippen molar-refractivity contribution in [3.05, 3.63) is 47.3 Å². The van der Waals surface area contributed by atoms with Crippen molar-refractivity contribution in [3.8, 4) is 11.4 Å². The lowest BCUT2D eigenvalue weighted by molar-refractivity contribution is 0.509. The number of hydrogen-bond acceptors (Lipinski definition) is 3. The highest BCUT2D eigenvalue weighted by molar-refractivity contribution is 5.55. The summed E-state index contributed by atoms with van der Waals surface area (Å²) in [4.78, 5) is 8.55. The van der Waals surface area contributed by atoms with Crippen molar-refractivity contribution >= 4 is 0 Å². The minimum Gasteiger partial charge on any atom is -0.313 e. The van der Waals surface area contributed by atoms with Crippen LogP contribution in [0.3, 0.4) is 0 Å². The van der Waals surface area contributed by atoms with Crippen LogP contribution >= 0.6 is 0 Å². The van der Waals surface area contributed by atoms with E-state index < -0.39 is 11.6 Å². The van der Waals surface area contributed by atoms with Crippen molar-refractivity contribution < 1.29 is 8.78 Å². The van der Waals surface area contributed by atoms with Crippen molar-refractivity contribution in [3.63, 3.8) is 0 Å². The summed E-state index contributed by atoms with van der Waals surface area (Å²) in [6.45, 7) is 3.87. The molecule has 1 heterocycles. The first kappa shape index (κ1) is 13.5. The van der Waals surface area contributed by atoms with Crippen LogP contribution in [-0.4, -0.2) is 17.0 Å². The molecule has 3 nitrogen and oxygen atoms in total. The van der Waals surface area contributed by atoms with Gasteiger partial charge in [-0.25, -0.2) is 18.7 Å². The van der Waals surface area contributed by atoms with Gasteiger partial charge in [0.2, 0.25) is 0 Å². The Morgan fingerprint density at radius 2 is 1.95 bits per heavy atom. The van der Waals surface area contributed by atoms with Crippen molar-refractivity contribution in [1.82, 2.24) is 15.3 Å². The predicted molar refractivity (Wildman–Crippen MR) is 69.6 cm³/mol. The van der Waals surface area contributed by atoms with Crippen molar-refractivity contribution in [1.29, 1.82) is 0 Å². The van der Waals surface area contributed by atoms with Crippen molar-refractivity contribution in [2.45, 2.75) is 19.9 Å². The van der Waals surface area contributed by atoms with Gasteiger partial charge < -0.3 is 5.32 Å². The maximum absolute atomic E-state index is 13.2. The van der Waals surface area contributed by atoms with Gasteiger partial charge in [-0.1, -0.05) is 0 Å². The van der Waals surface area contributed by atoms with Gasteiger partial charge in [0.05, 0.1) is 0 Å². The Bertz CT molecular complexity index is 599. The van der Waals surface area contributed by atoms with E-state index in [4.69, 9.17) is 0 Å². The molecule has 0 aliphatic carbocycles. The van der Waals surface area contributed by atoms with Crippen LogP contribution in [-0.2, 0) is 0 Å².